The number of nitrogens with zero attached hydrogens (tertiary/aromatic N) is 2. The number of H-pyrrole nitrogens is 1. The molecule has 0 saturated carbocycles. The lowest BCUT2D eigenvalue weighted by Gasteiger charge is -2.14. The molecule has 28 heavy (non-hydrogen) atoms. The third-order valence-electron chi connectivity index (χ3n) is 4.49. The van der Waals surface area contributed by atoms with Gasteiger partial charge in [-0.25, -0.2) is 4.98 Å². The molecule has 0 radical (unpaired) electrons. The lowest BCUT2D eigenvalue weighted by atomic mass is 10.2. The van der Waals surface area contributed by atoms with Crippen LogP contribution in [-0.4, -0.2) is 34.1 Å². The molecule has 1 saturated heterocycles. The van der Waals surface area contributed by atoms with Gasteiger partial charge in [0.05, 0.1) is 11.1 Å². The van der Waals surface area contributed by atoms with E-state index in [1.807, 2.05) is 0 Å². The first-order chi connectivity index (χ1) is 13.4. The van der Waals surface area contributed by atoms with E-state index in [0.29, 0.717) is 17.2 Å². The molecule has 0 amide bonds. The zero-order chi connectivity index (χ0) is 19.7. The quantitative estimate of drug-likeness (QED) is 0.547. The van der Waals surface area contributed by atoms with Gasteiger partial charge in [0.1, 0.15) is 11.2 Å². The molecule has 0 aliphatic carbocycles. The van der Waals surface area contributed by atoms with E-state index < -0.39 is 11.7 Å². The number of nitrogens with one attached hydrogen (secondary N) is 4. The average molecular weight is 390 g/mol. The SMILES string of the molecule is O=c1[nH]ccc2nc(N[C@@H]3CCNC3)nc(Nc3ccc(C(F)(F)F)cc3)c12. The standard InChI is InChI=1S/C18H17F3N6O/c19-18(20,21)10-1-3-11(4-2-10)24-15-14-13(6-8-23-16(14)28)26-17(27-15)25-12-5-7-22-9-12/h1-4,6,8,12,22H,5,7,9H2,(H,23,28)(H2,24,25,26,27)/t12-/m1/s1. The van der Waals surface area contributed by atoms with Gasteiger partial charge in [-0.3, -0.25) is 4.79 Å². The van der Waals surface area contributed by atoms with E-state index >= 15 is 0 Å². The fourth-order valence-corrected chi connectivity index (χ4v) is 3.09. The molecule has 1 atom stereocenters. The van der Waals surface area contributed by atoms with Crippen molar-refractivity contribution < 1.29 is 13.2 Å². The minimum atomic E-state index is -4.41. The summed E-state index contributed by atoms with van der Waals surface area (Å²) in [5, 5.41) is 9.62. The third kappa shape index (κ3) is 3.77. The van der Waals surface area contributed by atoms with Gasteiger partial charge >= 0.3 is 6.18 Å². The van der Waals surface area contributed by atoms with Gasteiger partial charge in [0, 0.05) is 24.5 Å². The van der Waals surface area contributed by atoms with E-state index in [1.165, 1.54) is 18.3 Å². The van der Waals surface area contributed by atoms with Crippen molar-refractivity contribution in [3.8, 4) is 0 Å². The molecule has 0 unspecified atom stereocenters. The number of pyridine rings is 1. The summed E-state index contributed by atoms with van der Waals surface area (Å²) in [5.74, 6) is 0.571. The van der Waals surface area contributed by atoms with Crippen LogP contribution < -0.4 is 21.5 Å². The highest BCUT2D eigenvalue weighted by Gasteiger charge is 2.30. The van der Waals surface area contributed by atoms with Gasteiger partial charge in [-0.15, -0.1) is 0 Å². The Morgan fingerprint density at radius 3 is 2.57 bits per heavy atom. The fraction of sp³-hybridized carbons (Fsp3) is 0.278. The summed E-state index contributed by atoms with van der Waals surface area (Å²) in [4.78, 5) is 23.6. The summed E-state index contributed by atoms with van der Waals surface area (Å²) >= 11 is 0. The molecule has 3 aromatic rings. The van der Waals surface area contributed by atoms with Crippen LogP contribution in [0.3, 0.4) is 0 Å². The van der Waals surface area contributed by atoms with Crippen LogP contribution in [0.2, 0.25) is 0 Å². The molecular weight excluding hydrogens is 373 g/mol. The number of alkyl halides is 3. The Balaban J connectivity index is 1.70. The first kappa shape index (κ1) is 18.2. The van der Waals surface area contributed by atoms with Gasteiger partial charge in [0.2, 0.25) is 5.95 Å². The summed E-state index contributed by atoms with van der Waals surface area (Å²) in [6.07, 6.45) is -2.01. The van der Waals surface area contributed by atoms with Crippen LogP contribution in [0.5, 0.6) is 0 Å². The molecule has 2 aromatic heterocycles. The fourth-order valence-electron chi connectivity index (χ4n) is 3.09. The van der Waals surface area contributed by atoms with Crippen molar-refractivity contribution in [1.82, 2.24) is 20.3 Å². The predicted octanol–water partition coefficient (Wildman–Crippen LogP) is 2.85. The Bertz CT molecular complexity index is 1040. The number of halogens is 3. The van der Waals surface area contributed by atoms with Crippen LogP contribution in [0.1, 0.15) is 12.0 Å². The zero-order valence-electron chi connectivity index (χ0n) is 14.6. The van der Waals surface area contributed by atoms with Crippen molar-refractivity contribution in [3.05, 3.63) is 52.4 Å². The number of aromatic nitrogens is 3. The van der Waals surface area contributed by atoms with Gasteiger partial charge in [-0.05, 0) is 43.3 Å². The topological polar surface area (TPSA) is 94.7 Å². The first-order valence-corrected chi connectivity index (χ1v) is 8.71. The smallest absolute Gasteiger partial charge is 0.350 e. The summed E-state index contributed by atoms with van der Waals surface area (Å²) in [5.41, 5.74) is -0.327. The molecule has 3 heterocycles. The van der Waals surface area contributed by atoms with Crippen molar-refractivity contribution in [2.45, 2.75) is 18.6 Å². The molecule has 146 valence electrons. The largest absolute Gasteiger partial charge is 0.416 e. The lowest BCUT2D eigenvalue weighted by Crippen LogP contribution is -2.24. The average Bonchev–Trinajstić information content (AvgIpc) is 3.14. The summed E-state index contributed by atoms with van der Waals surface area (Å²) in [6.45, 7) is 1.67. The number of aromatic amines is 1. The van der Waals surface area contributed by atoms with Gasteiger partial charge < -0.3 is 20.9 Å². The molecule has 1 aliphatic heterocycles. The normalized spacial score (nSPS) is 17.0. The molecule has 1 aromatic carbocycles. The second-order valence-electron chi connectivity index (χ2n) is 6.50. The number of rotatable bonds is 4. The second-order valence-corrected chi connectivity index (χ2v) is 6.50. The molecule has 1 fully saturated rings. The molecule has 7 nitrogen and oxygen atoms in total. The van der Waals surface area contributed by atoms with Gasteiger partial charge in [-0.2, -0.15) is 18.2 Å². The van der Waals surface area contributed by atoms with Crippen LogP contribution in [0, 0.1) is 0 Å². The maximum Gasteiger partial charge on any atom is 0.416 e. The van der Waals surface area contributed by atoms with E-state index in [1.54, 1.807) is 6.07 Å². The van der Waals surface area contributed by atoms with E-state index in [9.17, 15) is 18.0 Å². The van der Waals surface area contributed by atoms with Crippen LogP contribution >= 0.6 is 0 Å². The summed E-state index contributed by atoms with van der Waals surface area (Å²) in [6, 6.07) is 6.34. The van der Waals surface area contributed by atoms with E-state index in [-0.39, 0.29) is 22.8 Å². The minimum absolute atomic E-state index is 0.165. The van der Waals surface area contributed by atoms with E-state index in [4.69, 9.17) is 0 Å². The maximum atomic E-state index is 12.8. The predicted molar refractivity (Wildman–Crippen MR) is 99.8 cm³/mol. The van der Waals surface area contributed by atoms with Gasteiger partial charge in [-0.1, -0.05) is 0 Å². The molecule has 10 heteroatoms. The molecule has 4 N–H and O–H groups in total. The van der Waals surface area contributed by atoms with Crippen molar-refractivity contribution in [1.29, 1.82) is 0 Å². The third-order valence-corrected chi connectivity index (χ3v) is 4.49. The molecule has 0 spiro atoms. The van der Waals surface area contributed by atoms with Crippen molar-refractivity contribution in [2.75, 3.05) is 23.7 Å². The second kappa shape index (κ2) is 7.12. The Hall–Kier alpha value is -3.14. The number of hydrogen-bond acceptors (Lipinski definition) is 6. The highest BCUT2D eigenvalue weighted by Crippen LogP contribution is 2.31. The summed E-state index contributed by atoms with van der Waals surface area (Å²) < 4.78 is 38.3. The molecule has 1 aliphatic rings. The van der Waals surface area contributed by atoms with Gasteiger partial charge in [0.15, 0.2) is 0 Å². The van der Waals surface area contributed by atoms with Crippen LogP contribution in [0.4, 0.5) is 30.6 Å². The lowest BCUT2D eigenvalue weighted by molar-refractivity contribution is -0.137. The van der Waals surface area contributed by atoms with Crippen molar-refractivity contribution in [2.24, 2.45) is 0 Å². The van der Waals surface area contributed by atoms with Crippen LogP contribution in [-0.2, 0) is 6.18 Å². The van der Waals surface area contributed by atoms with E-state index in [0.717, 1.165) is 31.6 Å². The minimum Gasteiger partial charge on any atom is -0.350 e. The Kier molecular flexibility index (Phi) is 4.63. The summed E-state index contributed by atoms with van der Waals surface area (Å²) in [7, 11) is 0. The molecular formula is C18H17F3N6O. The molecule has 4 rings (SSSR count). The van der Waals surface area contributed by atoms with E-state index in [2.05, 4.69) is 30.9 Å². The highest BCUT2D eigenvalue weighted by atomic mass is 19.4. The number of benzene rings is 1. The number of fused-ring (bicyclic) bond motifs is 1. The van der Waals surface area contributed by atoms with Crippen molar-refractivity contribution >= 4 is 28.4 Å². The first-order valence-electron chi connectivity index (χ1n) is 8.71. The highest BCUT2D eigenvalue weighted by molar-refractivity contribution is 5.90. The number of hydrogen-bond donors (Lipinski definition) is 4. The monoisotopic (exact) mass is 390 g/mol. The van der Waals surface area contributed by atoms with Crippen molar-refractivity contribution in [3.63, 3.8) is 0 Å². The Labute approximate surface area is 157 Å². The molecule has 0 bridgehead atoms. The zero-order valence-corrected chi connectivity index (χ0v) is 14.6. The Morgan fingerprint density at radius 2 is 1.89 bits per heavy atom. The van der Waals surface area contributed by atoms with Crippen LogP contribution in [0.25, 0.3) is 10.9 Å². The Morgan fingerprint density at radius 1 is 1.11 bits per heavy atom. The van der Waals surface area contributed by atoms with Crippen LogP contribution in [0.15, 0.2) is 41.3 Å². The number of anilines is 3. The maximum absolute atomic E-state index is 12.8. The van der Waals surface area contributed by atoms with Gasteiger partial charge in [0.25, 0.3) is 5.56 Å².